The van der Waals surface area contributed by atoms with E-state index in [-0.39, 0.29) is 21.8 Å². The lowest BCUT2D eigenvalue weighted by molar-refractivity contribution is 0.0369. The summed E-state index contributed by atoms with van der Waals surface area (Å²) in [5, 5.41) is 0.463. The first-order valence-corrected chi connectivity index (χ1v) is 11.6. The maximum absolute atomic E-state index is 12.7. The van der Waals surface area contributed by atoms with Gasteiger partial charge in [-0.2, -0.15) is 0 Å². The van der Waals surface area contributed by atoms with Gasteiger partial charge < -0.3 is 19.3 Å². The van der Waals surface area contributed by atoms with Gasteiger partial charge in [0.15, 0.2) is 0 Å². The van der Waals surface area contributed by atoms with E-state index in [9.17, 15) is 9.59 Å². The summed E-state index contributed by atoms with van der Waals surface area (Å²) in [7, 11) is 0. The van der Waals surface area contributed by atoms with Crippen molar-refractivity contribution < 1.29 is 4.74 Å². The minimum absolute atomic E-state index is 0.227. The quantitative estimate of drug-likeness (QED) is 0.551. The number of nitrogens with zero attached hydrogens (tertiary/aromatic N) is 3. The average Bonchev–Trinajstić information content (AvgIpc) is 3.59. The number of aromatic nitrogens is 4. The summed E-state index contributed by atoms with van der Waals surface area (Å²) in [5.74, 6) is 0.471. The molecule has 3 heterocycles. The van der Waals surface area contributed by atoms with Crippen LogP contribution in [0.1, 0.15) is 42.1 Å². The molecule has 2 fully saturated rings. The molecule has 1 saturated heterocycles. The minimum atomic E-state index is -0.333. The van der Waals surface area contributed by atoms with Crippen LogP contribution in [0.3, 0.4) is 0 Å². The second kappa shape index (κ2) is 9.72. The van der Waals surface area contributed by atoms with E-state index in [4.69, 9.17) is 4.74 Å². The molecule has 0 bridgehead atoms. The van der Waals surface area contributed by atoms with Crippen LogP contribution in [0.5, 0.6) is 0 Å². The Kier molecular flexibility index (Phi) is 6.37. The number of aromatic amines is 2. The van der Waals surface area contributed by atoms with Crippen LogP contribution in [0.4, 0.5) is 0 Å². The Bertz CT molecular complexity index is 1330. The zero-order valence-corrected chi connectivity index (χ0v) is 18.6. The highest BCUT2D eigenvalue weighted by atomic mass is 16.5. The molecule has 0 unspecified atom stereocenters. The molecule has 0 amide bonds. The summed E-state index contributed by atoms with van der Waals surface area (Å²) in [4.78, 5) is 37.8. The molecule has 2 aromatic heterocycles. The zero-order chi connectivity index (χ0) is 22.6. The first kappa shape index (κ1) is 21.6. The predicted octanol–water partition coefficient (Wildman–Crippen LogP) is 0.517. The summed E-state index contributed by atoms with van der Waals surface area (Å²) in [5.41, 5.74) is 2.12. The molecule has 5 rings (SSSR count). The fourth-order valence-corrected chi connectivity index (χ4v) is 4.34. The maximum Gasteiger partial charge on any atom is 0.272 e. The third-order valence-corrected chi connectivity index (χ3v) is 6.23. The molecule has 1 aliphatic carbocycles. The summed E-state index contributed by atoms with van der Waals surface area (Å²) >= 11 is 0. The van der Waals surface area contributed by atoms with E-state index >= 15 is 0 Å². The van der Waals surface area contributed by atoms with Gasteiger partial charge in [0.25, 0.3) is 11.1 Å². The molecule has 1 aromatic carbocycles. The van der Waals surface area contributed by atoms with Crippen molar-refractivity contribution in [2.45, 2.75) is 31.7 Å². The van der Waals surface area contributed by atoms with Crippen molar-refractivity contribution in [1.29, 1.82) is 0 Å². The molecular weight excluding hydrogens is 418 g/mol. The van der Waals surface area contributed by atoms with Gasteiger partial charge in [-0.25, -0.2) is 4.98 Å². The molecule has 0 atom stereocenters. The van der Waals surface area contributed by atoms with Crippen molar-refractivity contribution in [1.82, 2.24) is 24.4 Å². The first-order valence-electron chi connectivity index (χ1n) is 11.6. The number of H-pyrrole nitrogens is 2. The fraction of sp³-hybridized carbons (Fsp3) is 0.400. The van der Waals surface area contributed by atoms with Crippen molar-refractivity contribution in [2.24, 2.45) is 0 Å². The molecule has 1 aliphatic heterocycles. The van der Waals surface area contributed by atoms with Crippen LogP contribution >= 0.6 is 0 Å². The minimum Gasteiger partial charge on any atom is -0.379 e. The lowest BCUT2D eigenvalue weighted by Gasteiger charge is -2.26. The van der Waals surface area contributed by atoms with Gasteiger partial charge in [0.1, 0.15) is 10.7 Å². The van der Waals surface area contributed by atoms with Gasteiger partial charge in [0.05, 0.1) is 25.2 Å². The number of benzene rings is 1. The molecule has 8 heteroatoms. The molecule has 1 saturated carbocycles. The van der Waals surface area contributed by atoms with Crippen LogP contribution in [-0.2, 0) is 11.3 Å². The van der Waals surface area contributed by atoms with Crippen LogP contribution in [-0.4, -0.2) is 57.3 Å². The second-order valence-corrected chi connectivity index (χ2v) is 8.73. The normalized spacial score (nSPS) is 18.2. The van der Waals surface area contributed by atoms with E-state index in [1.165, 1.54) is 0 Å². The van der Waals surface area contributed by atoms with Gasteiger partial charge in [-0.3, -0.25) is 14.5 Å². The predicted molar refractivity (Wildman–Crippen MR) is 127 cm³/mol. The molecular formula is C25H29N5O3. The van der Waals surface area contributed by atoms with Crippen molar-refractivity contribution in [3.05, 3.63) is 85.0 Å². The largest absolute Gasteiger partial charge is 0.379 e. The van der Waals surface area contributed by atoms with E-state index in [0.717, 1.165) is 75.6 Å². The second-order valence-electron chi connectivity index (χ2n) is 8.73. The van der Waals surface area contributed by atoms with Gasteiger partial charge in [-0.15, -0.1) is 0 Å². The number of hydrogen-bond donors (Lipinski definition) is 2. The van der Waals surface area contributed by atoms with Gasteiger partial charge in [0, 0.05) is 37.8 Å². The molecule has 8 nitrogen and oxygen atoms in total. The summed E-state index contributed by atoms with van der Waals surface area (Å²) in [6, 6.07) is 9.44. The molecule has 172 valence electrons. The molecule has 2 aliphatic rings. The third kappa shape index (κ3) is 5.23. The number of rotatable bonds is 7. The van der Waals surface area contributed by atoms with Crippen LogP contribution in [0.25, 0.3) is 12.2 Å². The molecule has 3 aromatic rings. The van der Waals surface area contributed by atoms with Crippen molar-refractivity contribution in [3.8, 4) is 0 Å². The Hall–Kier alpha value is -3.23. The van der Waals surface area contributed by atoms with Crippen molar-refractivity contribution >= 4 is 12.2 Å². The molecule has 33 heavy (non-hydrogen) atoms. The van der Waals surface area contributed by atoms with Crippen LogP contribution in [0.15, 0.2) is 46.2 Å². The third-order valence-electron chi connectivity index (χ3n) is 6.23. The lowest BCUT2D eigenvalue weighted by Crippen LogP contribution is -2.46. The monoisotopic (exact) mass is 447 g/mol. The van der Waals surface area contributed by atoms with Crippen LogP contribution < -0.4 is 21.8 Å². The number of morpholine rings is 1. The first-order chi connectivity index (χ1) is 16.2. The SMILES string of the molecule is O=c1[nH]/c(=C\c2ncn(CCCN3CCOCC3)c2C2CC2)c(=O)[nH]/c1=C\c1ccccc1. The van der Waals surface area contributed by atoms with E-state index in [2.05, 4.69) is 24.4 Å². The molecule has 0 spiro atoms. The van der Waals surface area contributed by atoms with E-state index in [1.807, 2.05) is 36.7 Å². The maximum atomic E-state index is 12.7. The Labute approximate surface area is 191 Å². The van der Waals surface area contributed by atoms with Gasteiger partial charge in [0.2, 0.25) is 0 Å². The van der Waals surface area contributed by atoms with Crippen molar-refractivity contribution in [2.75, 3.05) is 32.8 Å². The highest BCUT2D eigenvalue weighted by Gasteiger charge is 2.29. The summed E-state index contributed by atoms with van der Waals surface area (Å²) in [6.07, 6.45) is 8.54. The topological polar surface area (TPSA) is 96.0 Å². The zero-order valence-electron chi connectivity index (χ0n) is 18.6. The highest BCUT2D eigenvalue weighted by molar-refractivity contribution is 5.49. The van der Waals surface area contributed by atoms with Crippen LogP contribution in [0.2, 0.25) is 0 Å². The van der Waals surface area contributed by atoms with E-state index in [0.29, 0.717) is 5.92 Å². The number of imidazole rings is 1. The summed E-state index contributed by atoms with van der Waals surface area (Å²) in [6.45, 7) is 5.54. The molecule has 0 radical (unpaired) electrons. The lowest BCUT2D eigenvalue weighted by atomic mass is 10.2. The number of aryl methyl sites for hydroxylation is 1. The Balaban J connectivity index is 1.40. The Morgan fingerprint density at radius 2 is 1.67 bits per heavy atom. The van der Waals surface area contributed by atoms with E-state index < -0.39 is 0 Å². The van der Waals surface area contributed by atoms with Gasteiger partial charge in [-0.05, 0) is 37.0 Å². The Morgan fingerprint density at radius 1 is 0.970 bits per heavy atom. The van der Waals surface area contributed by atoms with Crippen LogP contribution in [0, 0.1) is 0 Å². The van der Waals surface area contributed by atoms with Gasteiger partial charge >= 0.3 is 0 Å². The number of nitrogens with one attached hydrogen (secondary N) is 2. The number of ether oxygens (including phenoxy) is 1. The smallest absolute Gasteiger partial charge is 0.272 e. The standard InChI is InChI=1S/C25H29N5O3/c31-24-21(15-18-5-2-1-3-6-18)27-25(32)22(28-24)16-20-23(19-7-8-19)30(17-26-20)10-4-9-29-11-13-33-14-12-29/h1-3,5-6,15-17,19H,4,7-14H2,(H,27,32)(H,28,31)/b21-15-,22-16-. The number of hydrogen-bond acceptors (Lipinski definition) is 5. The summed E-state index contributed by atoms with van der Waals surface area (Å²) < 4.78 is 7.64. The fourth-order valence-electron chi connectivity index (χ4n) is 4.34. The molecule has 2 N–H and O–H groups in total. The highest BCUT2D eigenvalue weighted by Crippen LogP contribution is 2.41. The van der Waals surface area contributed by atoms with E-state index in [1.54, 1.807) is 12.2 Å². The Morgan fingerprint density at radius 3 is 2.36 bits per heavy atom. The van der Waals surface area contributed by atoms with Gasteiger partial charge in [-0.1, -0.05) is 30.3 Å². The average molecular weight is 448 g/mol. The van der Waals surface area contributed by atoms with Crippen molar-refractivity contribution in [3.63, 3.8) is 0 Å².